The Hall–Kier alpha value is -0.570. The van der Waals surface area contributed by atoms with Crippen molar-refractivity contribution in [3.8, 4) is 0 Å². The molecule has 0 aliphatic heterocycles. The average Bonchev–Trinajstić information content (AvgIpc) is 2.58. The number of fused-ring (bicyclic) bond motifs is 1. The number of nitrogens with one attached hydrogen (secondary N) is 1. The molecular formula is C16H24ClNO. The number of halogens is 1. The van der Waals surface area contributed by atoms with E-state index in [2.05, 4.69) is 38.2 Å². The van der Waals surface area contributed by atoms with Gasteiger partial charge in [-0.25, -0.2) is 0 Å². The van der Waals surface area contributed by atoms with E-state index in [9.17, 15) is 0 Å². The van der Waals surface area contributed by atoms with Crippen molar-refractivity contribution in [2.75, 3.05) is 13.2 Å². The van der Waals surface area contributed by atoms with Gasteiger partial charge >= 0.3 is 0 Å². The molecule has 2 atom stereocenters. The first-order valence-corrected chi connectivity index (χ1v) is 7.44. The zero-order valence-electron chi connectivity index (χ0n) is 12.3. The van der Waals surface area contributed by atoms with Crippen LogP contribution < -0.4 is 5.32 Å². The lowest BCUT2D eigenvalue weighted by Gasteiger charge is -2.31. The van der Waals surface area contributed by atoms with Gasteiger partial charge in [0.2, 0.25) is 0 Å². The maximum Gasteiger partial charge on any atom is 0.0616 e. The predicted octanol–water partition coefficient (Wildman–Crippen LogP) is 3.98. The number of hydrogen-bond acceptors (Lipinski definition) is 2. The fraction of sp³-hybridized carbons (Fsp3) is 0.625. The predicted molar refractivity (Wildman–Crippen MR) is 80.8 cm³/mol. The van der Waals surface area contributed by atoms with Crippen molar-refractivity contribution < 1.29 is 4.74 Å². The van der Waals surface area contributed by atoms with Crippen LogP contribution in [0.4, 0.5) is 0 Å². The largest absolute Gasteiger partial charge is 0.380 e. The van der Waals surface area contributed by atoms with Crippen LogP contribution in [0.2, 0.25) is 5.02 Å². The smallest absolute Gasteiger partial charge is 0.0616 e. The minimum absolute atomic E-state index is 0.216. The number of hydrogen-bond donors (Lipinski definition) is 1. The molecular weight excluding hydrogens is 258 g/mol. The van der Waals surface area contributed by atoms with Crippen LogP contribution in [-0.4, -0.2) is 19.3 Å². The second kappa shape index (κ2) is 5.82. The normalized spacial score (nSPS) is 22.3. The summed E-state index contributed by atoms with van der Waals surface area (Å²) in [6.07, 6.45) is 1.10. The van der Waals surface area contributed by atoms with E-state index in [0.717, 1.165) is 24.7 Å². The lowest BCUT2D eigenvalue weighted by atomic mass is 9.85. The lowest BCUT2D eigenvalue weighted by Crippen LogP contribution is -2.39. The Morgan fingerprint density at radius 2 is 2.21 bits per heavy atom. The Morgan fingerprint density at radius 3 is 2.89 bits per heavy atom. The summed E-state index contributed by atoms with van der Waals surface area (Å²) in [6, 6.07) is 6.94. The monoisotopic (exact) mass is 281 g/mol. The van der Waals surface area contributed by atoms with E-state index in [1.165, 1.54) is 11.1 Å². The van der Waals surface area contributed by atoms with E-state index in [0.29, 0.717) is 12.1 Å². The number of rotatable bonds is 5. The third-order valence-corrected chi connectivity index (χ3v) is 4.10. The van der Waals surface area contributed by atoms with Crippen LogP contribution in [0.25, 0.3) is 0 Å². The zero-order valence-corrected chi connectivity index (χ0v) is 13.1. The van der Waals surface area contributed by atoms with Gasteiger partial charge < -0.3 is 10.1 Å². The molecule has 0 saturated carbocycles. The molecule has 1 aromatic carbocycles. The Kier molecular flexibility index (Phi) is 4.54. The second-order valence-electron chi connectivity index (χ2n) is 6.17. The van der Waals surface area contributed by atoms with Crippen molar-refractivity contribution in [1.82, 2.24) is 5.32 Å². The van der Waals surface area contributed by atoms with Crippen molar-refractivity contribution >= 4 is 11.6 Å². The molecule has 1 N–H and O–H groups in total. The summed E-state index contributed by atoms with van der Waals surface area (Å²) in [4.78, 5) is 0. The fourth-order valence-electron chi connectivity index (χ4n) is 2.95. The minimum atomic E-state index is 0.216. The molecule has 1 aliphatic rings. The van der Waals surface area contributed by atoms with E-state index in [1.807, 2.05) is 13.0 Å². The second-order valence-corrected chi connectivity index (χ2v) is 6.61. The molecule has 0 spiro atoms. The maximum absolute atomic E-state index is 6.15. The average molecular weight is 282 g/mol. The van der Waals surface area contributed by atoms with Gasteiger partial charge in [-0.2, -0.15) is 0 Å². The van der Waals surface area contributed by atoms with E-state index in [4.69, 9.17) is 16.3 Å². The molecule has 0 heterocycles. The highest BCUT2D eigenvalue weighted by molar-refractivity contribution is 6.30. The summed E-state index contributed by atoms with van der Waals surface area (Å²) in [5.41, 5.74) is 2.98. The molecule has 1 aliphatic carbocycles. The van der Waals surface area contributed by atoms with Crippen LogP contribution in [0.15, 0.2) is 18.2 Å². The van der Waals surface area contributed by atoms with Gasteiger partial charge in [-0.3, -0.25) is 0 Å². The van der Waals surface area contributed by atoms with Gasteiger partial charge in [0.1, 0.15) is 0 Å². The fourth-order valence-corrected chi connectivity index (χ4v) is 3.13. The SMILES string of the molecule is CCOCC(C)NC1c2cc(Cl)ccc2CC1(C)C. The van der Waals surface area contributed by atoms with E-state index in [-0.39, 0.29) is 5.41 Å². The molecule has 106 valence electrons. The third kappa shape index (κ3) is 3.31. The standard InChI is InChI=1S/C16H24ClNO/c1-5-19-10-11(2)18-15-14-8-13(17)7-6-12(14)9-16(15,3)4/h6-8,11,15,18H,5,9-10H2,1-4H3. The zero-order chi connectivity index (χ0) is 14.0. The molecule has 0 fully saturated rings. The Morgan fingerprint density at radius 1 is 1.47 bits per heavy atom. The topological polar surface area (TPSA) is 21.3 Å². The molecule has 19 heavy (non-hydrogen) atoms. The lowest BCUT2D eigenvalue weighted by molar-refractivity contribution is 0.114. The van der Waals surface area contributed by atoms with Crippen LogP contribution in [0.1, 0.15) is 44.9 Å². The van der Waals surface area contributed by atoms with Crippen molar-refractivity contribution in [3.63, 3.8) is 0 Å². The van der Waals surface area contributed by atoms with Gasteiger partial charge in [-0.15, -0.1) is 0 Å². The van der Waals surface area contributed by atoms with Gasteiger partial charge in [-0.1, -0.05) is 31.5 Å². The first-order valence-electron chi connectivity index (χ1n) is 7.06. The number of ether oxygens (including phenoxy) is 1. The third-order valence-electron chi connectivity index (χ3n) is 3.87. The summed E-state index contributed by atoms with van der Waals surface area (Å²) < 4.78 is 5.50. The van der Waals surface area contributed by atoms with Crippen molar-refractivity contribution in [2.45, 2.75) is 46.2 Å². The molecule has 2 unspecified atom stereocenters. The van der Waals surface area contributed by atoms with Crippen LogP contribution in [0.5, 0.6) is 0 Å². The molecule has 0 aromatic heterocycles. The Bertz CT molecular complexity index is 444. The highest BCUT2D eigenvalue weighted by Crippen LogP contribution is 2.46. The van der Waals surface area contributed by atoms with Gasteiger partial charge in [0, 0.05) is 23.7 Å². The van der Waals surface area contributed by atoms with Crippen LogP contribution >= 0.6 is 11.6 Å². The molecule has 0 amide bonds. The summed E-state index contributed by atoms with van der Waals surface area (Å²) >= 11 is 6.15. The van der Waals surface area contributed by atoms with E-state index >= 15 is 0 Å². The summed E-state index contributed by atoms with van der Waals surface area (Å²) in [5.74, 6) is 0. The van der Waals surface area contributed by atoms with Crippen LogP contribution in [0, 0.1) is 5.41 Å². The van der Waals surface area contributed by atoms with Gasteiger partial charge in [-0.05, 0) is 48.9 Å². The van der Waals surface area contributed by atoms with Gasteiger partial charge in [0.25, 0.3) is 0 Å². The highest BCUT2D eigenvalue weighted by atomic mass is 35.5. The first-order chi connectivity index (χ1) is 8.94. The van der Waals surface area contributed by atoms with Crippen molar-refractivity contribution in [1.29, 1.82) is 0 Å². The summed E-state index contributed by atoms with van der Waals surface area (Å²) in [7, 11) is 0. The Labute approximate surface area is 121 Å². The van der Waals surface area contributed by atoms with E-state index in [1.54, 1.807) is 0 Å². The molecule has 0 bridgehead atoms. The maximum atomic E-state index is 6.15. The minimum Gasteiger partial charge on any atom is -0.380 e. The highest BCUT2D eigenvalue weighted by Gasteiger charge is 2.39. The van der Waals surface area contributed by atoms with E-state index < -0.39 is 0 Å². The Balaban J connectivity index is 2.17. The molecule has 0 saturated heterocycles. The summed E-state index contributed by atoms with van der Waals surface area (Å²) in [6.45, 7) is 10.3. The molecule has 3 heteroatoms. The van der Waals surface area contributed by atoms with Crippen LogP contribution in [0.3, 0.4) is 0 Å². The first kappa shape index (κ1) is 14.8. The van der Waals surface area contributed by atoms with Crippen molar-refractivity contribution in [2.24, 2.45) is 5.41 Å². The quantitative estimate of drug-likeness (QED) is 0.881. The van der Waals surface area contributed by atoms with Gasteiger partial charge in [0.05, 0.1) is 6.61 Å². The van der Waals surface area contributed by atoms with Gasteiger partial charge in [0.15, 0.2) is 0 Å². The molecule has 2 nitrogen and oxygen atoms in total. The van der Waals surface area contributed by atoms with Crippen molar-refractivity contribution in [3.05, 3.63) is 34.3 Å². The molecule has 0 radical (unpaired) electrons. The number of benzene rings is 1. The molecule has 1 aromatic rings. The van der Waals surface area contributed by atoms with Crippen LogP contribution in [-0.2, 0) is 11.2 Å². The summed E-state index contributed by atoms with van der Waals surface area (Å²) in [5, 5.41) is 4.52. The molecule has 2 rings (SSSR count).